The number of hydrogen-bond donors (Lipinski definition) is 1. The van der Waals surface area contributed by atoms with Crippen LogP contribution in [0.15, 0.2) is 0 Å². The third kappa shape index (κ3) is 4.97. The molecule has 2 nitrogen and oxygen atoms in total. The second-order valence-corrected chi connectivity index (χ2v) is 6.12. The monoisotopic (exact) mass is 239 g/mol. The summed E-state index contributed by atoms with van der Waals surface area (Å²) in [4.78, 5) is 0. The lowest BCUT2D eigenvalue weighted by Gasteiger charge is -2.30. The highest BCUT2D eigenvalue weighted by atomic mass is 16.5. The Morgan fingerprint density at radius 3 is 2.71 bits per heavy atom. The molecular formula is C15H29NO. The van der Waals surface area contributed by atoms with E-state index in [2.05, 4.69) is 19.2 Å². The molecule has 17 heavy (non-hydrogen) atoms. The zero-order valence-corrected chi connectivity index (χ0v) is 11.6. The van der Waals surface area contributed by atoms with E-state index in [0.29, 0.717) is 12.2 Å². The van der Waals surface area contributed by atoms with Crippen LogP contribution < -0.4 is 5.32 Å². The van der Waals surface area contributed by atoms with Gasteiger partial charge < -0.3 is 10.1 Å². The number of ether oxygens (including phenoxy) is 1. The first-order chi connectivity index (χ1) is 8.28. The molecule has 0 aromatic carbocycles. The van der Waals surface area contributed by atoms with E-state index in [1.165, 1.54) is 51.4 Å². The predicted octanol–water partition coefficient (Wildman–Crippen LogP) is 3.50. The van der Waals surface area contributed by atoms with Gasteiger partial charge in [-0.2, -0.15) is 0 Å². The summed E-state index contributed by atoms with van der Waals surface area (Å²) in [6.07, 6.45) is 11.5. The van der Waals surface area contributed by atoms with Crippen molar-refractivity contribution in [3.63, 3.8) is 0 Å². The molecular weight excluding hydrogens is 210 g/mol. The second kappa shape index (κ2) is 6.75. The van der Waals surface area contributed by atoms with Gasteiger partial charge in [0.25, 0.3) is 0 Å². The maximum Gasteiger partial charge on any atom is 0.0703 e. The third-order valence-electron chi connectivity index (χ3n) is 4.10. The van der Waals surface area contributed by atoms with Gasteiger partial charge in [-0.1, -0.05) is 33.1 Å². The van der Waals surface area contributed by atoms with Crippen LogP contribution >= 0.6 is 0 Å². The summed E-state index contributed by atoms with van der Waals surface area (Å²) in [5, 5.41) is 3.62. The molecule has 0 amide bonds. The van der Waals surface area contributed by atoms with E-state index in [1.54, 1.807) is 0 Å². The Labute approximate surface area is 107 Å². The molecule has 0 spiro atoms. The highest BCUT2D eigenvalue weighted by molar-refractivity contribution is 4.82. The Kier molecular flexibility index (Phi) is 5.30. The Balaban J connectivity index is 1.70. The summed E-state index contributed by atoms with van der Waals surface area (Å²) in [5.74, 6) is 0.868. The Hall–Kier alpha value is -0.0800. The zero-order chi connectivity index (χ0) is 12.1. The highest BCUT2D eigenvalue weighted by Crippen LogP contribution is 2.27. The summed E-state index contributed by atoms with van der Waals surface area (Å²) in [5.41, 5.74) is 0. The van der Waals surface area contributed by atoms with E-state index in [0.717, 1.165) is 18.5 Å². The summed E-state index contributed by atoms with van der Waals surface area (Å²) >= 11 is 0. The summed E-state index contributed by atoms with van der Waals surface area (Å²) < 4.78 is 6.32. The smallest absolute Gasteiger partial charge is 0.0703 e. The van der Waals surface area contributed by atoms with Gasteiger partial charge in [-0.3, -0.25) is 0 Å². The normalized spacial score (nSPS) is 31.4. The van der Waals surface area contributed by atoms with Gasteiger partial charge in [0.15, 0.2) is 0 Å². The quantitative estimate of drug-likeness (QED) is 0.734. The summed E-state index contributed by atoms with van der Waals surface area (Å²) in [6.45, 7) is 5.70. The van der Waals surface area contributed by atoms with E-state index >= 15 is 0 Å². The van der Waals surface area contributed by atoms with Crippen LogP contribution in [0, 0.1) is 5.92 Å². The van der Waals surface area contributed by atoms with Crippen LogP contribution in [0.5, 0.6) is 0 Å². The lowest BCUT2D eigenvalue weighted by molar-refractivity contribution is -0.0413. The van der Waals surface area contributed by atoms with Gasteiger partial charge in [0.05, 0.1) is 12.2 Å². The first-order valence-corrected chi connectivity index (χ1v) is 7.66. The average molecular weight is 239 g/mol. The van der Waals surface area contributed by atoms with Crippen LogP contribution in [-0.2, 0) is 4.74 Å². The van der Waals surface area contributed by atoms with Crippen LogP contribution in [0.1, 0.15) is 65.2 Å². The molecule has 3 unspecified atom stereocenters. The largest absolute Gasteiger partial charge is 0.374 e. The van der Waals surface area contributed by atoms with E-state index in [9.17, 15) is 0 Å². The van der Waals surface area contributed by atoms with E-state index in [4.69, 9.17) is 4.74 Å². The van der Waals surface area contributed by atoms with E-state index in [1.807, 2.05) is 0 Å². The minimum absolute atomic E-state index is 0.455. The molecule has 0 saturated heterocycles. The van der Waals surface area contributed by atoms with Crippen LogP contribution in [0.3, 0.4) is 0 Å². The second-order valence-electron chi connectivity index (χ2n) is 6.12. The molecule has 1 N–H and O–H groups in total. The van der Waals surface area contributed by atoms with Gasteiger partial charge in [0.1, 0.15) is 0 Å². The van der Waals surface area contributed by atoms with Crippen molar-refractivity contribution in [2.75, 3.05) is 6.54 Å². The van der Waals surface area contributed by atoms with E-state index < -0.39 is 0 Å². The maximum absolute atomic E-state index is 6.32. The maximum atomic E-state index is 6.32. The minimum atomic E-state index is 0.455. The first kappa shape index (κ1) is 13.4. The molecule has 0 bridgehead atoms. The molecule has 0 aromatic rings. The standard InChI is InChI=1S/C15H29NO/c1-3-5-15(11-16-13-8-9-13)17-14-7-4-6-12(2)10-14/h12-16H,3-11H2,1-2H3. The Bertz CT molecular complexity index is 215. The fourth-order valence-corrected chi connectivity index (χ4v) is 2.90. The lowest BCUT2D eigenvalue weighted by Crippen LogP contribution is -2.35. The zero-order valence-electron chi connectivity index (χ0n) is 11.6. The van der Waals surface area contributed by atoms with Gasteiger partial charge in [0.2, 0.25) is 0 Å². The molecule has 2 aliphatic carbocycles. The average Bonchev–Trinajstić information content (AvgIpc) is 3.10. The van der Waals surface area contributed by atoms with Gasteiger partial charge in [-0.25, -0.2) is 0 Å². The number of rotatable bonds is 7. The molecule has 2 heteroatoms. The van der Waals surface area contributed by atoms with Crippen molar-refractivity contribution in [2.45, 2.75) is 83.5 Å². The van der Waals surface area contributed by atoms with Crippen molar-refractivity contribution in [1.82, 2.24) is 5.32 Å². The molecule has 100 valence electrons. The van der Waals surface area contributed by atoms with Gasteiger partial charge in [-0.15, -0.1) is 0 Å². The molecule has 0 aromatic heterocycles. The molecule has 0 heterocycles. The summed E-state index contributed by atoms with van der Waals surface area (Å²) in [7, 11) is 0. The topological polar surface area (TPSA) is 21.3 Å². The van der Waals surface area contributed by atoms with Crippen LogP contribution in [0.2, 0.25) is 0 Å². The fraction of sp³-hybridized carbons (Fsp3) is 1.00. The lowest BCUT2D eigenvalue weighted by atomic mass is 9.88. The summed E-state index contributed by atoms with van der Waals surface area (Å²) in [6, 6.07) is 0.809. The van der Waals surface area contributed by atoms with Gasteiger partial charge >= 0.3 is 0 Å². The molecule has 2 saturated carbocycles. The van der Waals surface area contributed by atoms with Gasteiger partial charge in [-0.05, 0) is 38.0 Å². The van der Waals surface area contributed by atoms with Crippen molar-refractivity contribution in [3.05, 3.63) is 0 Å². The van der Waals surface area contributed by atoms with E-state index in [-0.39, 0.29) is 0 Å². The van der Waals surface area contributed by atoms with Crippen molar-refractivity contribution in [2.24, 2.45) is 5.92 Å². The highest BCUT2D eigenvalue weighted by Gasteiger charge is 2.25. The van der Waals surface area contributed by atoms with Crippen LogP contribution in [-0.4, -0.2) is 24.8 Å². The SMILES string of the molecule is CCCC(CNC1CC1)OC1CCCC(C)C1. The molecule has 2 aliphatic rings. The van der Waals surface area contributed by atoms with Gasteiger partial charge in [0, 0.05) is 12.6 Å². The Morgan fingerprint density at radius 1 is 1.24 bits per heavy atom. The number of hydrogen-bond acceptors (Lipinski definition) is 2. The third-order valence-corrected chi connectivity index (χ3v) is 4.10. The number of nitrogens with one attached hydrogen (secondary N) is 1. The first-order valence-electron chi connectivity index (χ1n) is 7.66. The van der Waals surface area contributed by atoms with Crippen molar-refractivity contribution in [1.29, 1.82) is 0 Å². The van der Waals surface area contributed by atoms with Crippen LogP contribution in [0.4, 0.5) is 0 Å². The molecule has 0 radical (unpaired) electrons. The predicted molar refractivity (Wildman–Crippen MR) is 72.2 cm³/mol. The fourth-order valence-electron chi connectivity index (χ4n) is 2.90. The van der Waals surface area contributed by atoms with Crippen LogP contribution in [0.25, 0.3) is 0 Å². The molecule has 2 fully saturated rings. The van der Waals surface area contributed by atoms with Crippen molar-refractivity contribution in [3.8, 4) is 0 Å². The van der Waals surface area contributed by atoms with Crippen molar-refractivity contribution < 1.29 is 4.74 Å². The molecule has 0 aliphatic heterocycles. The van der Waals surface area contributed by atoms with Crippen molar-refractivity contribution >= 4 is 0 Å². The molecule has 3 atom stereocenters. The Morgan fingerprint density at radius 2 is 2.06 bits per heavy atom. The molecule has 2 rings (SSSR count). The minimum Gasteiger partial charge on any atom is -0.374 e.